The molecular formula is C16H19N3O3S. The molecule has 0 aliphatic rings. The number of hydrogen-bond acceptors (Lipinski definition) is 4. The molecule has 23 heavy (non-hydrogen) atoms. The molecular weight excluding hydrogens is 314 g/mol. The summed E-state index contributed by atoms with van der Waals surface area (Å²) < 4.78 is 5.12. The third-order valence-electron chi connectivity index (χ3n) is 3.18. The second kappa shape index (κ2) is 7.73. The van der Waals surface area contributed by atoms with Crippen LogP contribution in [0.5, 0.6) is 0 Å². The molecule has 1 heterocycles. The smallest absolute Gasteiger partial charge is 0.349 e. The zero-order chi connectivity index (χ0) is 16.8. The van der Waals surface area contributed by atoms with Crippen LogP contribution in [0.3, 0.4) is 0 Å². The second-order valence-electron chi connectivity index (χ2n) is 5.50. The highest BCUT2D eigenvalue weighted by Crippen LogP contribution is 2.12. The van der Waals surface area contributed by atoms with Crippen LogP contribution in [0.1, 0.15) is 30.6 Å². The fraction of sp³-hybridized carbons (Fsp3) is 0.312. The maximum Gasteiger partial charge on any atom is 0.349 e. The van der Waals surface area contributed by atoms with E-state index >= 15 is 0 Å². The fourth-order valence-electron chi connectivity index (χ4n) is 1.92. The molecule has 0 unspecified atom stereocenters. The van der Waals surface area contributed by atoms with Crippen molar-refractivity contribution >= 4 is 34.2 Å². The zero-order valence-electron chi connectivity index (χ0n) is 13.0. The van der Waals surface area contributed by atoms with Crippen molar-refractivity contribution < 1.29 is 9.21 Å². The van der Waals surface area contributed by atoms with Crippen molar-refractivity contribution in [1.82, 2.24) is 16.2 Å². The van der Waals surface area contributed by atoms with Gasteiger partial charge in [-0.05, 0) is 36.7 Å². The summed E-state index contributed by atoms with van der Waals surface area (Å²) in [5.41, 5.74) is 4.62. The minimum absolute atomic E-state index is 0.0822. The number of fused-ring (bicyclic) bond motifs is 1. The number of hydrogen-bond donors (Lipinski definition) is 3. The van der Waals surface area contributed by atoms with E-state index in [4.69, 9.17) is 16.6 Å². The highest BCUT2D eigenvalue weighted by Gasteiger charge is 2.13. The highest BCUT2D eigenvalue weighted by molar-refractivity contribution is 7.80. The van der Waals surface area contributed by atoms with Gasteiger partial charge in [0.25, 0.3) is 5.91 Å². The SMILES string of the molecule is CC(C)CCNC(=S)NNC(=O)c1cc2ccccc2oc1=O. The second-order valence-corrected chi connectivity index (χ2v) is 5.91. The van der Waals surface area contributed by atoms with Crippen molar-refractivity contribution in [2.24, 2.45) is 5.92 Å². The van der Waals surface area contributed by atoms with E-state index in [1.54, 1.807) is 24.3 Å². The van der Waals surface area contributed by atoms with Gasteiger partial charge < -0.3 is 9.73 Å². The van der Waals surface area contributed by atoms with E-state index in [2.05, 4.69) is 30.0 Å². The maximum atomic E-state index is 12.1. The Balaban J connectivity index is 1.97. The van der Waals surface area contributed by atoms with Gasteiger partial charge in [-0.2, -0.15) is 0 Å². The van der Waals surface area contributed by atoms with Crippen molar-refractivity contribution in [3.63, 3.8) is 0 Å². The molecule has 2 rings (SSSR count). The monoisotopic (exact) mass is 333 g/mol. The summed E-state index contributed by atoms with van der Waals surface area (Å²) in [6.07, 6.45) is 0.962. The summed E-state index contributed by atoms with van der Waals surface area (Å²) in [7, 11) is 0. The van der Waals surface area contributed by atoms with E-state index in [0.29, 0.717) is 28.5 Å². The average molecular weight is 333 g/mol. The topological polar surface area (TPSA) is 83.4 Å². The molecule has 122 valence electrons. The molecule has 2 aromatic rings. The Morgan fingerprint density at radius 3 is 2.74 bits per heavy atom. The molecule has 3 N–H and O–H groups in total. The molecule has 1 aromatic heterocycles. The molecule has 0 saturated heterocycles. The first-order valence-electron chi connectivity index (χ1n) is 7.34. The predicted octanol–water partition coefficient (Wildman–Crippen LogP) is 1.95. The Morgan fingerprint density at radius 2 is 2.00 bits per heavy atom. The van der Waals surface area contributed by atoms with Crippen molar-refractivity contribution in [1.29, 1.82) is 0 Å². The number of thiocarbonyl (C=S) groups is 1. The standard InChI is InChI=1S/C16H19N3O3S/c1-10(2)7-8-17-16(23)19-18-14(20)12-9-11-5-3-4-6-13(11)22-15(12)21/h3-6,9-10H,7-8H2,1-2H3,(H,18,20)(H2,17,19,23). The molecule has 0 fully saturated rings. The van der Waals surface area contributed by atoms with Gasteiger partial charge in [-0.15, -0.1) is 0 Å². The van der Waals surface area contributed by atoms with E-state index in [1.807, 2.05) is 0 Å². The van der Waals surface area contributed by atoms with Crippen molar-refractivity contribution in [3.8, 4) is 0 Å². The van der Waals surface area contributed by atoms with Gasteiger partial charge in [0.2, 0.25) is 0 Å². The van der Waals surface area contributed by atoms with Crippen molar-refractivity contribution in [3.05, 3.63) is 46.3 Å². The quantitative estimate of drug-likeness (QED) is 0.451. The molecule has 0 bridgehead atoms. The third kappa shape index (κ3) is 4.79. The molecule has 1 amide bonds. The molecule has 0 aliphatic heterocycles. The van der Waals surface area contributed by atoms with Gasteiger partial charge in [0.1, 0.15) is 11.1 Å². The van der Waals surface area contributed by atoms with Crippen LogP contribution in [0.2, 0.25) is 0 Å². The maximum absolute atomic E-state index is 12.1. The summed E-state index contributed by atoms with van der Waals surface area (Å²) in [6.45, 7) is 4.93. The van der Waals surface area contributed by atoms with Crippen LogP contribution in [-0.4, -0.2) is 17.6 Å². The van der Waals surface area contributed by atoms with Crippen LogP contribution in [0.15, 0.2) is 39.5 Å². The Bertz CT molecular complexity index is 770. The van der Waals surface area contributed by atoms with Crippen LogP contribution < -0.4 is 21.8 Å². The number of benzene rings is 1. The summed E-state index contributed by atoms with van der Waals surface area (Å²) in [5, 5.41) is 3.94. The van der Waals surface area contributed by atoms with Gasteiger partial charge >= 0.3 is 5.63 Å². The van der Waals surface area contributed by atoms with Gasteiger partial charge in [0.15, 0.2) is 5.11 Å². The molecule has 0 aliphatic carbocycles. The average Bonchev–Trinajstić information content (AvgIpc) is 2.51. The molecule has 7 heteroatoms. The first kappa shape index (κ1) is 17.0. The number of hydrazine groups is 1. The number of para-hydroxylation sites is 1. The lowest BCUT2D eigenvalue weighted by atomic mass is 10.1. The summed E-state index contributed by atoms with van der Waals surface area (Å²) in [4.78, 5) is 23.9. The molecule has 0 spiro atoms. The van der Waals surface area contributed by atoms with Gasteiger partial charge in [0.05, 0.1) is 0 Å². The Kier molecular flexibility index (Phi) is 5.70. The third-order valence-corrected chi connectivity index (χ3v) is 3.43. The number of carbonyl (C=O) groups is 1. The fourth-order valence-corrected chi connectivity index (χ4v) is 2.07. The van der Waals surface area contributed by atoms with Crippen LogP contribution in [0.25, 0.3) is 11.0 Å². The summed E-state index contributed by atoms with van der Waals surface area (Å²) in [6, 6.07) is 8.49. The van der Waals surface area contributed by atoms with Gasteiger partial charge in [-0.25, -0.2) is 4.79 Å². The van der Waals surface area contributed by atoms with Crippen molar-refractivity contribution in [2.45, 2.75) is 20.3 Å². The van der Waals surface area contributed by atoms with Gasteiger partial charge in [0, 0.05) is 11.9 Å². The lowest BCUT2D eigenvalue weighted by molar-refractivity contribution is 0.0940. The van der Waals surface area contributed by atoms with E-state index in [0.717, 1.165) is 6.42 Å². The summed E-state index contributed by atoms with van der Waals surface area (Å²) in [5.74, 6) is -0.0420. The lowest BCUT2D eigenvalue weighted by Crippen LogP contribution is -2.47. The molecule has 0 atom stereocenters. The first-order valence-corrected chi connectivity index (χ1v) is 7.75. The van der Waals surface area contributed by atoms with Gasteiger partial charge in [-0.3, -0.25) is 15.6 Å². The van der Waals surface area contributed by atoms with Crippen LogP contribution in [-0.2, 0) is 0 Å². The van der Waals surface area contributed by atoms with Crippen LogP contribution in [0, 0.1) is 5.92 Å². The Morgan fingerprint density at radius 1 is 1.26 bits per heavy atom. The van der Waals surface area contributed by atoms with Gasteiger partial charge in [-0.1, -0.05) is 32.0 Å². The van der Waals surface area contributed by atoms with E-state index < -0.39 is 11.5 Å². The molecule has 0 radical (unpaired) electrons. The number of rotatable bonds is 4. The summed E-state index contributed by atoms with van der Waals surface area (Å²) >= 11 is 5.05. The zero-order valence-corrected chi connectivity index (χ0v) is 13.8. The van der Waals surface area contributed by atoms with Crippen molar-refractivity contribution in [2.75, 3.05) is 6.54 Å². The largest absolute Gasteiger partial charge is 0.422 e. The molecule has 1 aromatic carbocycles. The normalized spacial score (nSPS) is 10.6. The van der Waals surface area contributed by atoms with Crippen LogP contribution in [0.4, 0.5) is 0 Å². The first-order chi connectivity index (χ1) is 11.0. The van der Waals surface area contributed by atoms with Crippen LogP contribution >= 0.6 is 12.2 Å². The number of nitrogens with one attached hydrogen (secondary N) is 3. The van der Waals surface area contributed by atoms with E-state index in [9.17, 15) is 9.59 Å². The minimum atomic E-state index is -0.693. The number of amides is 1. The Labute approximate surface area is 139 Å². The lowest BCUT2D eigenvalue weighted by Gasteiger charge is -2.12. The predicted molar refractivity (Wildman–Crippen MR) is 93.1 cm³/mol. The Hall–Kier alpha value is -2.41. The molecule has 6 nitrogen and oxygen atoms in total. The molecule has 0 saturated carbocycles. The van der Waals surface area contributed by atoms with E-state index in [1.165, 1.54) is 6.07 Å². The minimum Gasteiger partial charge on any atom is -0.422 e. The highest BCUT2D eigenvalue weighted by atomic mass is 32.1. The number of carbonyl (C=O) groups excluding carboxylic acids is 1. The van der Waals surface area contributed by atoms with E-state index in [-0.39, 0.29) is 5.56 Å².